The zero-order valence-corrected chi connectivity index (χ0v) is 7.89. The first kappa shape index (κ1) is 10.4. The molecule has 0 aliphatic heterocycles. The van der Waals surface area contributed by atoms with Gasteiger partial charge in [-0.3, -0.25) is 4.79 Å². The monoisotopic (exact) mass is 221 g/mol. The van der Waals surface area contributed by atoms with Crippen LogP contribution in [0.2, 0.25) is 0 Å². The third-order valence-electron chi connectivity index (χ3n) is 1.07. The van der Waals surface area contributed by atoms with Crippen molar-refractivity contribution < 1.29 is 18.3 Å². The van der Waals surface area contributed by atoms with E-state index in [1.807, 2.05) is 4.72 Å². The second kappa shape index (κ2) is 3.57. The minimum absolute atomic E-state index is 0.256. The number of aryl methyl sites for hydroxylation is 1. The van der Waals surface area contributed by atoms with Crippen molar-refractivity contribution in [1.29, 1.82) is 0 Å². The number of tetrazole rings is 1. The van der Waals surface area contributed by atoms with Crippen molar-refractivity contribution in [3.05, 3.63) is 0 Å². The highest BCUT2D eigenvalue weighted by Gasteiger charge is 2.17. The van der Waals surface area contributed by atoms with Crippen molar-refractivity contribution in [3.63, 3.8) is 0 Å². The van der Waals surface area contributed by atoms with Crippen molar-refractivity contribution in [2.24, 2.45) is 7.05 Å². The Bertz CT molecular complexity index is 436. The fourth-order valence-corrected chi connectivity index (χ4v) is 1.42. The molecule has 1 aromatic rings. The van der Waals surface area contributed by atoms with Gasteiger partial charge in [-0.2, -0.15) is 4.80 Å². The number of carboxylic acid groups (broad SMARTS) is 1. The fourth-order valence-electron chi connectivity index (χ4n) is 0.663. The van der Waals surface area contributed by atoms with Crippen LogP contribution in [0.25, 0.3) is 0 Å². The summed E-state index contributed by atoms with van der Waals surface area (Å²) in [6, 6.07) is 0. The quantitative estimate of drug-likeness (QED) is 0.604. The van der Waals surface area contributed by atoms with Crippen LogP contribution in [0.3, 0.4) is 0 Å². The van der Waals surface area contributed by atoms with Gasteiger partial charge in [0.1, 0.15) is 0 Å². The number of rotatable bonds is 4. The van der Waals surface area contributed by atoms with Gasteiger partial charge >= 0.3 is 5.97 Å². The number of carboxylic acids is 1. The van der Waals surface area contributed by atoms with Crippen LogP contribution in [-0.2, 0) is 21.9 Å². The Balaban J connectivity index is 2.73. The molecule has 78 valence electrons. The van der Waals surface area contributed by atoms with E-state index in [0.29, 0.717) is 0 Å². The number of hydrogen-bond acceptors (Lipinski definition) is 6. The molecule has 0 aliphatic carbocycles. The van der Waals surface area contributed by atoms with Gasteiger partial charge in [0, 0.05) is 0 Å². The Labute approximate surface area is 78.8 Å². The highest BCUT2D eigenvalue weighted by molar-refractivity contribution is 7.93. The van der Waals surface area contributed by atoms with Gasteiger partial charge in [-0.1, -0.05) is 5.10 Å². The van der Waals surface area contributed by atoms with Gasteiger partial charge in [-0.15, -0.1) is 5.10 Å². The number of anilines is 1. The molecule has 1 rings (SSSR count). The smallest absolute Gasteiger partial charge is 0.320 e. The lowest BCUT2D eigenvalue weighted by molar-refractivity contribution is -0.134. The molecule has 0 aliphatic rings. The largest absolute Gasteiger partial charge is 0.480 e. The molecule has 0 bridgehead atoms. The number of hydrogen-bond donors (Lipinski definition) is 2. The maximum absolute atomic E-state index is 11.0. The lowest BCUT2D eigenvalue weighted by Gasteiger charge is -1.99. The molecule has 1 heterocycles. The summed E-state index contributed by atoms with van der Waals surface area (Å²) in [5.74, 6) is -2.75. The SMILES string of the molecule is Cn1nnc(NS(=O)(=O)CC(=O)O)n1. The minimum Gasteiger partial charge on any atom is -0.480 e. The second-order valence-corrected chi connectivity index (χ2v) is 4.08. The topological polar surface area (TPSA) is 127 Å². The van der Waals surface area contributed by atoms with Crippen LogP contribution in [0.4, 0.5) is 5.95 Å². The first-order valence-electron chi connectivity index (χ1n) is 3.35. The van der Waals surface area contributed by atoms with Gasteiger partial charge in [0.15, 0.2) is 5.75 Å². The van der Waals surface area contributed by atoms with Crippen molar-refractivity contribution in [2.45, 2.75) is 0 Å². The Kier molecular flexibility index (Phi) is 2.65. The first-order chi connectivity index (χ1) is 6.39. The number of sulfonamides is 1. The molecule has 0 aromatic carbocycles. The van der Waals surface area contributed by atoms with Gasteiger partial charge in [0.2, 0.25) is 10.0 Å². The molecule has 0 unspecified atom stereocenters. The van der Waals surface area contributed by atoms with Gasteiger partial charge < -0.3 is 5.11 Å². The second-order valence-electron chi connectivity index (χ2n) is 2.36. The average Bonchev–Trinajstić information content (AvgIpc) is 2.30. The third-order valence-corrected chi connectivity index (χ3v) is 2.19. The van der Waals surface area contributed by atoms with Crippen LogP contribution in [0.15, 0.2) is 0 Å². The summed E-state index contributed by atoms with van der Waals surface area (Å²) in [7, 11) is -2.50. The molecule has 14 heavy (non-hydrogen) atoms. The van der Waals surface area contributed by atoms with E-state index in [1.165, 1.54) is 7.05 Å². The summed E-state index contributed by atoms with van der Waals surface area (Å²) < 4.78 is 23.9. The number of nitrogens with one attached hydrogen (secondary N) is 1. The van der Waals surface area contributed by atoms with Gasteiger partial charge in [-0.25, -0.2) is 13.1 Å². The summed E-state index contributed by atoms with van der Waals surface area (Å²) in [5.41, 5.74) is 0. The summed E-state index contributed by atoms with van der Waals surface area (Å²) >= 11 is 0. The third kappa shape index (κ3) is 2.97. The number of nitrogens with zero attached hydrogens (tertiary/aromatic N) is 4. The lowest BCUT2D eigenvalue weighted by Crippen LogP contribution is -2.23. The van der Waals surface area contributed by atoms with Crippen molar-refractivity contribution >= 4 is 21.9 Å². The molecule has 10 heteroatoms. The van der Waals surface area contributed by atoms with E-state index < -0.39 is 21.7 Å². The van der Waals surface area contributed by atoms with E-state index in [1.54, 1.807) is 0 Å². The summed E-state index contributed by atoms with van der Waals surface area (Å²) in [6.45, 7) is 0. The fraction of sp³-hybridized carbons (Fsp3) is 0.500. The summed E-state index contributed by atoms with van der Waals surface area (Å²) in [5, 5.41) is 18.5. The van der Waals surface area contributed by atoms with E-state index in [9.17, 15) is 13.2 Å². The molecule has 0 spiro atoms. The van der Waals surface area contributed by atoms with Crippen LogP contribution in [0.5, 0.6) is 0 Å². The Morgan fingerprint density at radius 1 is 1.64 bits per heavy atom. The minimum atomic E-state index is -3.95. The summed E-state index contributed by atoms with van der Waals surface area (Å²) in [6.07, 6.45) is 0. The first-order valence-corrected chi connectivity index (χ1v) is 5.00. The van der Waals surface area contributed by atoms with E-state index in [-0.39, 0.29) is 5.95 Å². The highest BCUT2D eigenvalue weighted by Crippen LogP contribution is 1.97. The van der Waals surface area contributed by atoms with Crippen molar-refractivity contribution in [2.75, 3.05) is 10.5 Å². The molecule has 0 radical (unpaired) electrons. The normalized spacial score (nSPS) is 11.2. The van der Waals surface area contributed by atoms with Crippen LogP contribution < -0.4 is 4.72 Å². The zero-order chi connectivity index (χ0) is 10.8. The number of aliphatic carboxylic acids is 1. The molecule has 0 saturated heterocycles. The van der Waals surface area contributed by atoms with Crippen molar-refractivity contribution in [3.8, 4) is 0 Å². The van der Waals surface area contributed by atoms with Gasteiger partial charge in [0.25, 0.3) is 5.95 Å². The molecule has 0 atom stereocenters. The number of carbonyl (C=O) groups is 1. The summed E-state index contributed by atoms with van der Waals surface area (Å²) in [4.78, 5) is 11.2. The van der Waals surface area contributed by atoms with E-state index in [4.69, 9.17) is 5.11 Å². The van der Waals surface area contributed by atoms with Crippen LogP contribution in [-0.4, -0.2) is 45.5 Å². The van der Waals surface area contributed by atoms with Crippen LogP contribution >= 0.6 is 0 Å². The molecule has 0 amide bonds. The highest BCUT2D eigenvalue weighted by atomic mass is 32.2. The van der Waals surface area contributed by atoms with Crippen LogP contribution in [0.1, 0.15) is 0 Å². The molecule has 9 nitrogen and oxygen atoms in total. The predicted octanol–water partition coefficient (Wildman–Crippen LogP) is -1.96. The van der Waals surface area contributed by atoms with Crippen LogP contribution in [0, 0.1) is 0 Å². The number of aromatic nitrogens is 4. The molecule has 0 fully saturated rings. The van der Waals surface area contributed by atoms with Crippen molar-refractivity contribution in [1.82, 2.24) is 20.2 Å². The average molecular weight is 221 g/mol. The molecule has 0 saturated carbocycles. The maximum Gasteiger partial charge on any atom is 0.320 e. The Morgan fingerprint density at radius 2 is 2.29 bits per heavy atom. The lowest BCUT2D eigenvalue weighted by atomic mass is 10.8. The molecular formula is C4H7N5O4S. The Hall–Kier alpha value is -1.71. The zero-order valence-electron chi connectivity index (χ0n) is 7.08. The van der Waals surface area contributed by atoms with Gasteiger partial charge in [0.05, 0.1) is 7.05 Å². The van der Waals surface area contributed by atoms with E-state index in [2.05, 4.69) is 15.4 Å². The molecule has 1 aromatic heterocycles. The Morgan fingerprint density at radius 3 is 2.71 bits per heavy atom. The molecule has 2 N–H and O–H groups in total. The maximum atomic E-state index is 11.0. The van der Waals surface area contributed by atoms with E-state index >= 15 is 0 Å². The van der Waals surface area contributed by atoms with Gasteiger partial charge in [-0.05, 0) is 5.21 Å². The predicted molar refractivity (Wildman–Crippen MR) is 43.8 cm³/mol. The molecular weight excluding hydrogens is 214 g/mol. The van der Waals surface area contributed by atoms with E-state index in [0.717, 1.165) is 4.80 Å². The standard InChI is InChI=1S/C4H7N5O4S/c1-9-6-4(5-8-9)7-14(12,13)2-3(10)11/h2H2,1H3,(H,6,7)(H,10,11).